The van der Waals surface area contributed by atoms with Crippen molar-refractivity contribution in [3.05, 3.63) is 59.7 Å². The standard InChI is InChI=1S/C19H12N2OS/c1-11-5-6-14-13-3-2-4-15(17(13)22-19(14)21-11)16-18-12(7-9-20-16)8-10-23-18/h2-10H,1H3. The number of thiophene rings is 1. The van der Waals surface area contributed by atoms with Gasteiger partial charge in [0.2, 0.25) is 5.71 Å². The van der Waals surface area contributed by atoms with E-state index in [1.165, 1.54) is 10.1 Å². The Bertz CT molecular complexity index is 1190. The second-order valence-corrected chi connectivity index (χ2v) is 6.50. The number of aromatic nitrogens is 2. The Labute approximate surface area is 136 Å². The van der Waals surface area contributed by atoms with Gasteiger partial charge in [0.25, 0.3) is 0 Å². The molecule has 4 aromatic heterocycles. The summed E-state index contributed by atoms with van der Waals surface area (Å²) in [6, 6.07) is 14.5. The van der Waals surface area contributed by atoms with Crippen molar-refractivity contribution in [3.63, 3.8) is 0 Å². The van der Waals surface area contributed by atoms with Crippen LogP contribution in [0.4, 0.5) is 0 Å². The van der Waals surface area contributed by atoms with Gasteiger partial charge in [0, 0.05) is 28.2 Å². The van der Waals surface area contributed by atoms with Crippen LogP contribution in [0.5, 0.6) is 0 Å². The third-order valence-electron chi connectivity index (χ3n) is 4.13. The maximum atomic E-state index is 6.10. The average molecular weight is 316 g/mol. The SMILES string of the molecule is Cc1ccc2c(n1)oc1c(-c3nccc4ccsc34)cccc12. The van der Waals surface area contributed by atoms with E-state index in [0.29, 0.717) is 5.71 Å². The summed E-state index contributed by atoms with van der Waals surface area (Å²) >= 11 is 1.71. The van der Waals surface area contributed by atoms with E-state index in [1.54, 1.807) is 11.3 Å². The lowest BCUT2D eigenvalue weighted by atomic mass is 10.1. The van der Waals surface area contributed by atoms with Crippen LogP contribution in [0.15, 0.2) is 58.5 Å². The molecule has 0 saturated heterocycles. The molecule has 5 aromatic rings. The van der Waals surface area contributed by atoms with Crippen molar-refractivity contribution >= 4 is 43.5 Å². The fraction of sp³-hybridized carbons (Fsp3) is 0.0526. The molecule has 110 valence electrons. The van der Waals surface area contributed by atoms with Crippen LogP contribution >= 0.6 is 11.3 Å². The third-order valence-corrected chi connectivity index (χ3v) is 5.06. The Hall–Kier alpha value is -2.72. The number of para-hydroxylation sites is 1. The lowest BCUT2D eigenvalue weighted by molar-refractivity contribution is 0.653. The maximum absolute atomic E-state index is 6.10. The molecule has 4 heteroatoms. The molecule has 0 spiro atoms. The van der Waals surface area contributed by atoms with Crippen LogP contribution in [0.25, 0.3) is 43.4 Å². The van der Waals surface area contributed by atoms with Crippen LogP contribution in [0.2, 0.25) is 0 Å². The van der Waals surface area contributed by atoms with Gasteiger partial charge in [-0.3, -0.25) is 4.98 Å². The fourth-order valence-corrected chi connectivity index (χ4v) is 3.94. The van der Waals surface area contributed by atoms with Crippen LogP contribution in [0, 0.1) is 6.92 Å². The van der Waals surface area contributed by atoms with Gasteiger partial charge in [0.05, 0.1) is 10.4 Å². The Kier molecular flexibility index (Phi) is 2.58. The van der Waals surface area contributed by atoms with Crippen molar-refractivity contribution < 1.29 is 4.42 Å². The first-order valence-corrected chi connectivity index (χ1v) is 8.31. The lowest BCUT2D eigenvalue weighted by Crippen LogP contribution is -1.83. The molecular formula is C19H12N2OS. The Morgan fingerprint density at radius 3 is 2.91 bits per heavy atom. The zero-order valence-corrected chi connectivity index (χ0v) is 13.2. The molecule has 1 aromatic carbocycles. The molecule has 0 aliphatic carbocycles. The van der Waals surface area contributed by atoms with Gasteiger partial charge in [0.1, 0.15) is 5.58 Å². The van der Waals surface area contributed by atoms with Gasteiger partial charge in [-0.25, -0.2) is 4.98 Å². The van der Waals surface area contributed by atoms with E-state index in [2.05, 4.69) is 45.7 Å². The quantitative estimate of drug-likeness (QED) is 0.406. The van der Waals surface area contributed by atoms with Crippen LogP contribution in [0.3, 0.4) is 0 Å². The van der Waals surface area contributed by atoms with E-state index in [4.69, 9.17) is 4.42 Å². The summed E-state index contributed by atoms with van der Waals surface area (Å²) in [6.45, 7) is 1.97. The first-order valence-electron chi connectivity index (χ1n) is 7.43. The molecule has 5 rings (SSSR count). The van der Waals surface area contributed by atoms with Crippen molar-refractivity contribution in [2.45, 2.75) is 6.92 Å². The van der Waals surface area contributed by atoms with Crippen LogP contribution in [0.1, 0.15) is 5.69 Å². The van der Waals surface area contributed by atoms with Gasteiger partial charge < -0.3 is 4.42 Å². The highest BCUT2D eigenvalue weighted by Crippen LogP contribution is 2.38. The second-order valence-electron chi connectivity index (χ2n) is 5.59. The predicted octanol–water partition coefficient (Wildman–Crippen LogP) is 5.57. The number of hydrogen-bond acceptors (Lipinski definition) is 4. The number of aryl methyl sites for hydroxylation is 1. The summed E-state index contributed by atoms with van der Waals surface area (Å²) in [6.07, 6.45) is 1.86. The summed E-state index contributed by atoms with van der Waals surface area (Å²) in [5.74, 6) is 0. The topological polar surface area (TPSA) is 38.9 Å². The van der Waals surface area contributed by atoms with Crippen molar-refractivity contribution in [1.29, 1.82) is 0 Å². The first kappa shape index (κ1) is 12.8. The van der Waals surface area contributed by atoms with Gasteiger partial charge in [0.15, 0.2) is 0 Å². The van der Waals surface area contributed by atoms with Crippen molar-refractivity contribution in [2.75, 3.05) is 0 Å². The van der Waals surface area contributed by atoms with Gasteiger partial charge in [-0.15, -0.1) is 11.3 Å². The van der Waals surface area contributed by atoms with Gasteiger partial charge in [-0.2, -0.15) is 0 Å². The van der Waals surface area contributed by atoms with E-state index < -0.39 is 0 Å². The number of furan rings is 1. The normalized spacial score (nSPS) is 11.7. The molecule has 23 heavy (non-hydrogen) atoms. The molecule has 0 unspecified atom stereocenters. The van der Waals surface area contributed by atoms with E-state index >= 15 is 0 Å². The third kappa shape index (κ3) is 1.82. The van der Waals surface area contributed by atoms with E-state index in [1.807, 2.05) is 25.3 Å². The molecule has 0 saturated carbocycles. The summed E-state index contributed by atoms with van der Waals surface area (Å²) in [4.78, 5) is 9.13. The zero-order chi connectivity index (χ0) is 15.4. The Morgan fingerprint density at radius 2 is 1.96 bits per heavy atom. The minimum Gasteiger partial charge on any atom is -0.437 e. The summed E-state index contributed by atoms with van der Waals surface area (Å²) in [7, 11) is 0. The van der Waals surface area contributed by atoms with Crippen molar-refractivity contribution in [3.8, 4) is 11.3 Å². The van der Waals surface area contributed by atoms with Crippen LogP contribution in [-0.4, -0.2) is 9.97 Å². The van der Waals surface area contributed by atoms with Crippen LogP contribution < -0.4 is 0 Å². The molecule has 4 heterocycles. The first-order chi connectivity index (χ1) is 11.3. The van der Waals surface area contributed by atoms with Crippen LogP contribution in [-0.2, 0) is 0 Å². The number of hydrogen-bond donors (Lipinski definition) is 0. The zero-order valence-electron chi connectivity index (χ0n) is 12.4. The highest BCUT2D eigenvalue weighted by molar-refractivity contribution is 7.17. The van der Waals surface area contributed by atoms with Gasteiger partial charge in [-0.1, -0.05) is 12.1 Å². The Morgan fingerprint density at radius 1 is 1.00 bits per heavy atom. The highest BCUT2D eigenvalue weighted by Gasteiger charge is 2.15. The molecule has 0 N–H and O–H groups in total. The van der Waals surface area contributed by atoms with Crippen molar-refractivity contribution in [1.82, 2.24) is 9.97 Å². The molecule has 0 bridgehead atoms. The number of nitrogens with zero attached hydrogens (tertiary/aromatic N) is 2. The molecular weight excluding hydrogens is 304 g/mol. The number of benzene rings is 1. The number of pyridine rings is 2. The monoisotopic (exact) mass is 316 g/mol. The lowest BCUT2D eigenvalue weighted by Gasteiger charge is -2.03. The van der Waals surface area contributed by atoms with E-state index in [9.17, 15) is 0 Å². The fourth-order valence-electron chi connectivity index (χ4n) is 3.04. The van der Waals surface area contributed by atoms with E-state index in [-0.39, 0.29) is 0 Å². The van der Waals surface area contributed by atoms with Gasteiger partial charge in [-0.05, 0) is 48.0 Å². The summed E-state index contributed by atoms with van der Waals surface area (Å²) in [5.41, 5.74) is 4.49. The molecule has 0 aliphatic rings. The molecule has 3 nitrogen and oxygen atoms in total. The number of fused-ring (bicyclic) bond motifs is 4. The minimum absolute atomic E-state index is 0.686. The minimum atomic E-state index is 0.686. The highest BCUT2D eigenvalue weighted by atomic mass is 32.1. The molecule has 0 amide bonds. The summed E-state index contributed by atoms with van der Waals surface area (Å²) in [5, 5.41) is 5.44. The Balaban J connectivity index is 1.92. The van der Waals surface area contributed by atoms with Gasteiger partial charge >= 0.3 is 0 Å². The summed E-state index contributed by atoms with van der Waals surface area (Å²) < 4.78 is 7.28. The second kappa shape index (κ2) is 4.64. The molecule has 0 atom stereocenters. The predicted molar refractivity (Wildman–Crippen MR) is 94.9 cm³/mol. The van der Waals surface area contributed by atoms with Crippen molar-refractivity contribution in [2.24, 2.45) is 0 Å². The largest absolute Gasteiger partial charge is 0.437 e. The smallest absolute Gasteiger partial charge is 0.227 e. The number of rotatable bonds is 1. The molecule has 0 radical (unpaired) electrons. The maximum Gasteiger partial charge on any atom is 0.227 e. The van der Waals surface area contributed by atoms with E-state index in [0.717, 1.165) is 33.3 Å². The molecule has 0 aliphatic heterocycles. The molecule has 0 fully saturated rings. The average Bonchev–Trinajstić information content (AvgIpc) is 3.17.